The van der Waals surface area contributed by atoms with Crippen LogP contribution in [0.4, 0.5) is 0 Å². The molecule has 0 amide bonds. The van der Waals surface area contributed by atoms with Crippen molar-refractivity contribution in [2.24, 2.45) is 5.92 Å². The third kappa shape index (κ3) is 2.72. The third-order valence-corrected chi connectivity index (χ3v) is 3.72. The molecule has 1 aliphatic heterocycles. The van der Waals surface area contributed by atoms with Crippen molar-refractivity contribution in [1.82, 2.24) is 15.5 Å². The highest BCUT2D eigenvalue weighted by molar-refractivity contribution is 4.99. The Balaban J connectivity index is 1.63. The lowest BCUT2D eigenvalue weighted by Crippen LogP contribution is -2.23. The smallest absolute Gasteiger partial charge is 0.228 e. The second-order valence-corrected chi connectivity index (χ2v) is 5.26. The van der Waals surface area contributed by atoms with E-state index in [0.29, 0.717) is 18.6 Å². The van der Waals surface area contributed by atoms with E-state index in [2.05, 4.69) is 15.5 Å². The molecule has 2 heterocycles. The zero-order chi connectivity index (χ0) is 12.4. The van der Waals surface area contributed by atoms with Gasteiger partial charge < -0.3 is 14.6 Å². The van der Waals surface area contributed by atoms with Crippen LogP contribution >= 0.6 is 0 Å². The summed E-state index contributed by atoms with van der Waals surface area (Å²) < 4.78 is 11.1. The molecule has 0 spiro atoms. The molecule has 2 fully saturated rings. The molecule has 0 radical (unpaired) electrons. The standard InChI is InChI=1S/C13H21N3O2/c1-2-17-12(9-5-6-9)13-15-11(18-16-13)8-10-4-3-7-14-10/h9-10,12,14H,2-8H2,1H3. The van der Waals surface area contributed by atoms with Gasteiger partial charge in [-0.2, -0.15) is 4.98 Å². The Kier molecular flexibility index (Phi) is 3.61. The normalized spacial score (nSPS) is 25.5. The van der Waals surface area contributed by atoms with E-state index in [9.17, 15) is 0 Å². The van der Waals surface area contributed by atoms with Crippen molar-refractivity contribution in [3.8, 4) is 0 Å². The highest BCUT2D eigenvalue weighted by Crippen LogP contribution is 2.42. The van der Waals surface area contributed by atoms with Gasteiger partial charge in [-0.1, -0.05) is 5.16 Å². The molecular weight excluding hydrogens is 230 g/mol. The van der Waals surface area contributed by atoms with E-state index in [1.807, 2.05) is 6.92 Å². The Labute approximate surface area is 107 Å². The minimum Gasteiger partial charge on any atom is -0.370 e. The molecule has 1 aromatic heterocycles. The van der Waals surface area contributed by atoms with E-state index in [0.717, 1.165) is 24.7 Å². The van der Waals surface area contributed by atoms with Gasteiger partial charge in [0.2, 0.25) is 11.7 Å². The summed E-state index contributed by atoms with van der Waals surface area (Å²) >= 11 is 0. The fraction of sp³-hybridized carbons (Fsp3) is 0.846. The van der Waals surface area contributed by atoms with Crippen LogP contribution in [-0.4, -0.2) is 29.3 Å². The van der Waals surface area contributed by atoms with Crippen LogP contribution < -0.4 is 5.32 Å². The first-order valence-electron chi connectivity index (χ1n) is 7.04. The molecular formula is C13H21N3O2. The molecule has 1 saturated carbocycles. The number of ether oxygens (including phenoxy) is 1. The van der Waals surface area contributed by atoms with Crippen molar-refractivity contribution in [2.45, 2.75) is 51.2 Å². The zero-order valence-electron chi connectivity index (χ0n) is 10.9. The van der Waals surface area contributed by atoms with Crippen molar-refractivity contribution < 1.29 is 9.26 Å². The summed E-state index contributed by atoms with van der Waals surface area (Å²) in [5.74, 6) is 2.09. The van der Waals surface area contributed by atoms with Crippen LogP contribution in [0.15, 0.2) is 4.52 Å². The van der Waals surface area contributed by atoms with Gasteiger partial charge in [-0.25, -0.2) is 0 Å². The average molecular weight is 251 g/mol. The van der Waals surface area contributed by atoms with Crippen molar-refractivity contribution in [3.63, 3.8) is 0 Å². The molecule has 1 aromatic rings. The van der Waals surface area contributed by atoms with Crippen LogP contribution in [0, 0.1) is 5.92 Å². The predicted molar refractivity (Wildman–Crippen MR) is 66.1 cm³/mol. The molecule has 2 aliphatic rings. The van der Waals surface area contributed by atoms with E-state index in [4.69, 9.17) is 9.26 Å². The lowest BCUT2D eigenvalue weighted by Gasteiger charge is -2.11. The Bertz CT molecular complexity index is 383. The summed E-state index contributed by atoms with van der Waals surface area (Å²) in [4.78, 5) is 4.51. The molecule has 1 aliphatic carbocycles. The first-order valence-corrected chi connectivity index (χ1v) is 7.04. The van der Waals surface area contributed by atoms with Gasteiger partial charge in [0.05, 0.1) is 0 Å². The Morgan fingerprint density at radius 3 is 3.00 bits per heavy atom. The minimum atomic E-state index is 0.0454. The Hall–Kier alpha value is -0.940. The topological polar surface area (TPSA) is 60.2 Å². The highest BCUT2D eigenvalue weighted by atomic mass is 16.5. The molecule has 100 valence electrons. The monoisotopic (exact) mass is 251 g/mol. The number of nitrogens with zero attached hydrogens (tertiary/aromatic N) is 2. The number of aromatic nitrogens is 2. The molecule has 3 rings (SSSR count). The summed E-state index contributed by atoms with van der Waals surface area (Å²) in [6.07, 6.45) is 5.78. The average Bonchev–Trinajstić information content (AvgIpc) is 2.88. The largest absolute Gasteiger partial charge is 0.370 e. The molecule has 18 heavy (non-hydrogen) atoms. The molecule has 5 nitrogen and oxygen atoms in total. The maximum atomic E-state index is 5.73. The lowest BCUT2D eigenvalue weighted by molar-refractivity contribution is 0.0384. The van der Waals surface area contributed by atoms with Gasteiger partial charge in [-0.15, -0.1) is 0 Å². The molecule has 2 atom stereocenters. The van der Waals surface area contributed by atoms with Gasteiger partial charge in [0.1, 0.15) is 6.10 Å². The van der Waals surface area contributed by atoms with Crippen molar-refractivity contribution in [1.29, 1.82) is 0 Å². The number of nitrogens with one attached hydrogen (secondary N) is 1. The maximum absolute atomic E-state index is 5.73. The van der Waals surface area contributed by atoms with Crippen LogP contribution in [-0.2, 0) is 11.2 Å². The maximum Gasteiger partial charge on any atom is 0.228 e. The second kappa shape index (κ2) is 5.36. The van der Waals surface area contributed by atoms with Gasteiger partial charge in [0.25, 0.3) is 0 Å². The van der Waals surface area contributed by atoms with E-state index in [1.165, 1.54) is 25.7 Å². The summed E-state index contributed by atoms with van der Waals surface area (Å²) in [7, 11) is 0. The quantitative estimate of drug-likeness (QED) is 0.836. The summed E-state index contributed by atoms with van der Waals surface area (Å²) in [5.41, 5.74) is 0. The Morgan fingerprint density at radius 2 is 2.33 bits per heavy atom. The van der Waals surface area contributed by atoms with Crippen molar-refractivity contribution in [3.05, 3.63) is 11.7 Å². The third-order valence-electron chi connectivity index (χ3n) is 3.72. The summed E-state index contributed by atoms with van der Waals surface area (Å²) in [6, 6.07) is 0.504. The van der Waals surface area contributed by atoms with Crippen LogP contribution in [0.25, 0.3) is 0 Å². The first-order chi connectivity index (χ1) is 8.86. The minimum absolute atomic E-state index is 0.0454. The highest BCUT2D eigenvalue weighted by Gasteiger charge is 2.36. The Morgan fingerprint density at radius 1 is 1.44 bits per heavy atom. The second-order valence-electron chi connectivity index (χ2n) is 5.26. The van der Waals surface area contributed by atoms with E-state index >= 15 is 0 Å². The van der Waals surface area contributed by atoms with Crippen molar-refractivity contribution in [2.75, 3.05) is 13.2 Å². The lowest BCUT2D eigenvalue weighted by atomic mass is 10.1. The molecule has 0 aromatic carbocycles. The van der Waals surface area contributed by atoms with Gasteiger partial charge in [0.15, 0.2) is 0 Å². The van der Waals surface area contributed by atoms with E-state index < -0.39 is 0 Å². The van der Waals surface area contributed by atoms with Gasteiger partial charge in [-0.05, 0) is 45.1 Å². The fourth-order valence-corrected chi connectivity index (χ4v) is 2.61. The number of hydrogen-bond acceptors (Lipinski definition) is 5. The van der Waals surface area contributed by atoms with Gasteiger partial charge in [-0.3, -0.25) is 0 Å². The molecule has 5 heteroatoms. The summed E-state index contributed by atoms with van der Waals surface area (Å²) in [5, 5.41) is 7.54. The number of rotatable bonds is 6. The van der Waals surface area contributed by atoms with Gasteiger partial charge >= 0.3 is 0 Å². The van der Waals surface area contributed by atoms with Crippen LogP contribution in [0.1, 0.15) is 50.4 Å². The molecule has 1 N–H and O–H groups in total. The van der Waals surface area contributed by atoms with E-state index in [-0.39, 0.29) is 6.10 Å². The van der Waals surface area contributed by atoms with Gasteiger partial charge in [0, 0.05) is 19.1 Å². The van der Waals surface area contributed by atoms with E-state index in [1.54, 1.807) is 0 Å². The van der Waals surface area contributed by atoms with Crippen molar-refractivity contribution >= 4 is 0 Å². The predicted octanol–water partition coefficient (Wildman–Crippen LogP) is 1.85. The summed E-state index contributed by atoms with van der Waals surface area (Å²) in [6.45, 7) is 3.82. The SMILES string of the molecule is CCOC(c1noc(CC2CCCN2)n1)C1CC1. The van der Waals surface area contributed by atoms with Crippen LogP contribution in [0.3, 0.4) is 0 Å². The zero-order valence-corrected chi connectivity index (χ0v) is 10.9. The fourth-order valence-electron chi connectivity index (χ4n) is 2.61. The van der Waals surface area contributed by atoms with Crippen LogP contribution in [0.2, 0.25) is 0 Å². The number of hydrogen-bond donors (Lipinski definition) is 1. The molecule has 0 bridgehead atoms. The molecule has 1 saturated heterocycles. The first kappa shape index (κ1) is 12.1. The molecule has 2 unspecified atom stereocenters. The van der Waals surface area contributed by atoms with Crippen LogP contribution in [0.5, 0.6) is 0 Å².